The Morgan fingerprint density at radius 3 is 2.67 bits per heavy atom. The van der Waals surface area contributed by atoms with E-state index in [1.54, 1.807) is 0 Å². The van der Waals surface area contributed by atoms with Crippen LogP contribution in [0.15, 0.2) is 45.8 Å². The smallest absolute Gasteiger partial charge is 0.191 e. The van der Waals surface area contributed by atoms with Crippen molar-refractivity contribution in [1.82, 2.24) is 10.6 Å². The first-order valence-corrected chi connectivity index (χ1v) is 10.9. The lowest BCUT2D eigenvalue weighted by Crippen LogP contribution is -2.38. The third-order valence-corrected chi connectivity index (χ3v) is 5.99. The minimum Gasteiger partial charge on any atom is -0.357 e. The summed E-state index contributed by atoms with van der Waals surface area (Å²) >= 11 is 0. The fourth-order valence-corrected chi connectivity index (χ4v) is 4.10. The van der Waals surface area contributed by atoms with Gasteiger partial charge in [0.2, 0.25) is 0 Å². The van der Waals surface area contributed by atoms with Crippen molar-refractivity contribution in [1.29, 1.82) is 0 Å². The van der Waals surface area contributed by atoms with Crippen molar-refractivity contribution in [2.45, 2.75) is 43.9 Å². The lowest BCUT2D eigenvalue weighted by atomic mass is 9.97. The average Bonchev–Trinajstić information content (AvgIpc) is 2.63. The molecule has 0 aliphatic heterocycles. The molecule has 0 aromatic heterocycles. The highest BCUT2D eigenvalue weighted by atomic mass is 127. The first-order valence-electron chi connectivity index (χ1n) is 9.20. The van der Waals surface area contributed by atoms with Crippen molar-refractivity contribution in [3.63, 3.8) is 0 Å². The molecule has 0 atom stereocenters. The van der Waals surface area contributed by atoms with E-state index in [-0.39, 0.29) is 41.2 Å². The van der Waals surface area contributed by atoms with Crippen LogP contribution in [0.5, 0.6) is 0 Å². The maximum atomic E-state index is 13.7. The zero-order valence-corrected chi connectivity index (χ0v) is 18.9. The number of hydrogen-bond donors (Lipinski definition) is 2. The Hall–Kier alpha value is -1.16. The summed E-state index contributed by atoms with van der Waals surface area (Å²) in [4.78, 5) is 4.04. The van der Waals surface area contributed by atoms with Crippen LogP contribution in [0, 0.1) is 5.82 Å². The second kappa shape index (κ2) is 12.3. The molecule has 0 heterocycles. The summed E-state index contributed by atoms with van der Waals surface area (Å²) in [5, 5.41) is 6.34. The molecule has 1 aliphatic carbocycles. The fraction of sp³-hybridized carbons (Fsp3) is 0.526. The minimum absolute atomic E-state index is 0. The number of nitrogens with zero attached hydrogens (tertiary/aromatic N) is 1. The average molecular weight is 509 g/mol. The molecule has 0 fully saturated rings. The van der Waals surface area contributed by atoms with Crippen LogP contribution in [0.3, 0.4) is 0 Å². The highest BCUT2D eigenvalue weighted by molar-refractivity contribution is 14.0. The molecular weight excluding hydrogens is 480 g/mol. The third kappa shape index (κ3) is 8.16. The summed E-state index contributed by atoms with van der Waals surface area (Å²) in [5.41, 5.74) is 1.47. The summed E-state index contributed by atoms with van der Waals surface area (Å²) in [7, 11) is -3.69. The van der Waals surface area contributed by atoms with E-state index in [2.05, 4.69) is 21.7 Å². The largest absolute Gasteiger partial charge is 0.357 e. The Balaban J connectivity index is 0.00000364. The van der Waals surface area contributed by atoms with E-state index >= 15 is 0 Å². The van der Waals surface area contributed by atoms with Gasteiger partial charge in [0, 0.05) is 13.1 Å². The van der Waals surface area contributed by atoms with E-state index in [9.17, 15) is 12.8 Å². The third-order valence-electron chi connectivity index (χ3n) is 4.27. The normalized spacial score (nSPS) is 14.9. The van der Waals surface area contributed by atoms with Crippen molar-refractivity contribution in [3.8, 4) is 0 Å². The number of aliphatic imine (C=N–C) groups is 1. The second-order valence-corrected chi connectivity index (χ2v) is 8.37. The predicted octanol–water partition coefficient (Wildman–Crippen LogP) is 3.66. The highest BCUT2D eigenvalue weighted by Gasteiger charge is 2.18. The Kier molecular flexibility index (Phi) is 10.9. The molecule has 0 bridgehead atoms. The molecule has 0 spiro atoms. The number of hydrogen-bond acceptors (Lipinski definition) is 3. The van der Waals surface area contributed by atoms with Gasteiger partial charge < -0.3 is 10.6 Å². The van der Waals surface area contributed by atoms with Crippen molar-refractivity contribution < 1.29 is 12.8 Å². The van der Waals surface area contributed by atoms with E-state index in [4.69, 9.17) is 0 Å². The summed E-state index contributed by atoms with van der Waals surface area (Å²) in [6.45, 7) is 3.48. The summed E-state index contributed by atoms with van der Waals surface area (Å²) in [6, 6.07) is 5.43. The van der Waals surface area contributed by atoms with E-state index in [1.807, 2.05) is 6.92 Å². The molecule has 1 aromatic rings. The molecule has 0 unspecified atom stereocenters. The number of benzene rings is 1. The van der Waals surface area contributed by atoms with Gasteiger partial charge in [0.25, 0.3) is 0 Å². The van der Waals surface area contributed by atoms with Crippen LogP contribution in [-0.4, -0.2) is 39.8 Å². The van der Waals surface area contributed by atoms with Gasteiger partial charge >= 0.3 is 0 Å². The number of sulfone groups is 1. The van der Waals surface area contributed by atoms with Crippen LogP contribution in [0.2, 0.25) is 0 Å². The highest BCUT2D eigenvalue weighted by Crippen LogP contribution is 2.19. The Bertz CT molecular complexity index is 751. The molecule has 0 saturated heterocycles. The van der Waals surface area contributed by atoms with Crippen LogP contribution in [0.4, 0.5) is 4.39 Å². The first kappa shape index (κ1) is 23.9. The lowest BCUT2D eigenvalue weighted by Gasteiger charge is -2.15. The topological polar surface area (TPSA) is 70.6 Å². The number of nitrogens with one attached hydrogen (secondary N) is 2. The molecule has 5 nitrogen and oxygen atoms in total. The Morgan fingerprint density at radius 1 is 1.22 bits per heavy atom. The maximum absolute atomic E-state index is 13.7. The molecule has 2 rings (SSSR count). The van der Waals surface area contributed by atoms with Crippen molar-refractivity contribution in [3.05, 3.63) is 41.7 Å². The lowest BCUT2D eigenvalue weighted by molar-refractivity contribution is 0.567. The minimum atomic E-state index is -3.69. The van der Waals surface area contributed by atoms with Gasteiger partial charge in [0.05, 0.1) is 12.3 Å². The zero-order chi connectivity index (χ0) is 18.8. The Morgan fingerprint density at radius 2 is 2.00 bits per heavy atom. The van der Waals surface area contributed by atoms with Crippen molar-refractivity contribution in [2.75, 3.05) is 25.4 Å². The summed E-state index contributed by atoms with van der Waals surface area (Å²) in [6.07, 6.45) is 8.15. The molecule has 1 aliphatic rings. The van der Waals surface area contributed by atoms with Gasteiger partial charge in [-0.15, -0.1) is 24.0 Å². The maximum Gasteiger partial charge on any atom is 0.191 e. The second-order valence-electron chi connectivity index (χ2n) is 6.29. The number of halogens is 2. The molecule has 27 heavy (non-hydrogen) atoms. The van der Waals surface area contributed by atoms with Crippen LogP contribution in [0.25, 0.3) is 0 Å². The van der Waals surface area contributed by atoms with Gasteiger partial charge in [-0.25, -0.2) is 12.8 Å². The van der Waals surface area contributed by atoms with Crippen LogP contribution < -0.4 is 10.6 Å². The van der Waals surface area contributed by atoms with E-state index < -0.39 is 15.7 Å². The van der Waals surface area contributed by atoms with Gasteiger partial charge in [-0.1, -0.05) is 23.8 Å². The summed E-state index contributed by atoms with van der Waals surface area (Å²) < 4.78 is 38.2. The molecule has 0 saturated carbocycles. The zero-order valence-electron chi connectivity index (χ0n) is 15.7. The standard InChI is InChI=1S/C19H28FN3O2S.HI/c1-2-21-19(22-13-12-16-8-4-3-5-9-16)23-14-15-26(24,25)18-11-7-6-10-17(18)20;/h6-8,10-11H,2-5,9,12-15H2,1H3,(H2,21,22,23);1H. The van der Waals surface area contributed by atoms with Gasteiger partial charge in [-0.3, -0.25) is 4.99 Å². The van der Waals surface area contributed by atoms with Crippen LogP contribution >= 0.6 is 24.0 Å². The van der Waals surface area contributed by atoms with E-state index in [0.29, 0.717) is 12.5 Å². The van der Waals surface area contributed by atoms with Gasteiger partial charge in [-0.05, 0) is 51.2 Å². The molecule has 152 valence electrons. The number of guanidine groups is 1. The molecule has 2 N–H and O–H groups in total. The van der Waals surface area contributed by atoms with Gasteiger partial charge in [0.1, 0.15) is 10.7 Å². The molecule has 1 aromatic carbocycles. The monoisotopic (exact) mass is 509 g/mol. The molecular formula is C19H29FIN3O2S. The summed E-state index contributed by atoms with van der Waals surface area (Å²) in [5.74, 6) is -0.356. The van der Waals surface area contributed by atoms with Crippen molar-refractivity contribution in [2.24, 2.45) is 4.99 Å². The van der Waals surface area contributed by atoms with E-state index in [0.717, 1.165) is 31.9 Å². The van der Waals surface area contributed by atoms with E-state index in [1.165, 1.54) is 36.6 Å². The van der Waals surface area contributed by atoms with Gasteiger partial charge in [0.15, 0.2) is 15.8 Å². The molecule has 0 amide bonds. The predicted molar refractivity (Wildman–Crippen MR) is 119 cm³/mol. The molecule has 8 heteroatoms. The Labute approximate surface area is 178 Å². The number of allylic oxidation sites excluding steroid dienone is 1. The van der Waals surface area contributed by atoms with Gasteiger partial charge in [-0.2, -0.15) is 0 Å². The number of rotatable bonds is 8. The van der Waals surface area contributed by atoms with Crippen LogP contribution in [-0.2, 0) is 9.84 Å². The molecule has 0 radical (unpaired) electrons. The quantitative estimate of drug-likeness (QED) is 0.243. The fourth-order valence-electron chi connectivity index (χ4n) is 2.90. The van der Waals surface area contributed by atoms with Crippen LogP contribution in [0.1, 0.15) is 39.0 Å². The SMILES string of the molecule is CCNC(=NCCS(=O)(=O)c1ccccc1F)NCCC1=CCCCC1.I. The van der Waals surface area contributed by atoms with Crippen molar-refractivity contribution >= 4 is 39.8 Å². The first-order chi connectivity index (χ1) is 12.5.